The lowest BCUT2D eigenvalue weighted by molar-refractivity contribution is 0.0453. The summed E-state index contributed by atoms with van der Waals surface area (Å²) in [6.07, 6.45) is 2.48. The summed E-state index contributed by atoms with van der Waals surface area (Å²) in [5, 5.41) is 15.1. The molecule has 0 spiro atoms. The van der Waals surface area contributed by atoms with Gasteiger partial charge in [-0.05, 0) is 24.8 Å². The minimum Gasteiger partial charge on any atom is -0.393 e. The zero-order valence-corrected chi connectivity index (χ0v) is 8.87. The Morgan fingerprint density at radius 2 is 2.33 bits per heavy atom. The molecule has 15 heavy (non-hydrogen) atoms. The molecular formula is C8H13N3O3S. The number of aliphatic hydroxyl groups is 1. The molecule has 0 aromatic carbocycles. The SMILES string of the molecule is O=S(=O)(NCC1CC(O)C1)c1ccn[nH]1. The number of nitrogens with one attached hydrogen (secondary N) is 2. The number of aromatic nitrogens is 2. The van der Waals surface area contributed by atoms with Crippen molar-refractivity contribution in [2.24, 2.45) is 5.92 Å². The van der Waals surface area contributed by atoms with Crippen LogP contribution >= 0.6 is 0 Å². The van der Waals surface area contributed by atoms with Crippen molar-refractivity contribution in [3.8, 4) is 0 Å². The van der Waals surface area contributed by atoms with Gasteiger partial charge in [-0.2, -0.15) is 5.10 Å². The number of nitrogens with zero attached hydrogens (tertiary/aromatic N) is 1. The largest absolute Gasteiger partial charge is 0.393 e. The van der Waals surface area contributed by atoms with Crippen LogP contribution < -0.4 is 4.72 Å². The predicted molar refractivity (Wildman–Crippen MR) is 52.5 cm³/mol. The highest BCUT2D eigenvalue weighted by molar-refractivity contribution is 7.89. The van der Waals surface area contributed by atoms with Gasteiger partial charge in [0.05, 0.1) is 12.3 Å². The van der Waals surface area contributed by atoms with Crippen LogP contribution in [-0.2, 0) is 10.0 Å². The van der Waals surface area contributed by atoms with Crippen LogP contribution in [0.15, 0.2) is 17.3 Å². The van der Waals surface area contributed by atoms with Crippen LogP contribution in [0.5, 0.6) is 0 Å². The monoisotopic (exact) mass is 231 g/mol. The Hall–Kier alpha value is -0.920. The molecule has 0 aliphatic heterocycles. The van der Waals surface area contributed by atoms with Crippen LogP contribution in [0.25, 0.3) is 0 Å². The van der Waals surface area contributed by atoms with Gasteiger partial charge in [0, 0.05) is 6.54 Å². The summed E-state index contributed by atoms with van der Waals surface area (Å²) in [5.74, 6) is 0.248. The molecule has 0 amide bonds. The highest BCUT2D eigenvalue weighted by Crippen LogP contribution is 2.26. The molecule has 0 bridgehead atoms. The third-order valence-corrected chi connectivity index (χ3v) is 3.89. The van der Waals surface area contributed by atoms with E-state index in [1.54, 1.807) is 0 Å². The van der Waals surface area contributed by atoms with Crippen molar-refractivity contribution >= 4 is 10.0 Å². The van der Waals surface area contributed by atoms with Gasteiger partial charge in [-0.3, -0.25) is 5.10 Å². The van der Waals surface area contributed by atoms with Gasteiger partial charge in [-0.1, -0.05) is 0 Å². The Morgan fingerprint density at radius 1 is 1.60 bits per heavy atom. The number of aliphatic hydroxyl groups excluding tert-OH is 1. The van der Waals surface area contributed by atoms with Gasteiger partial charge in [-0.25, -0.2) is 13.1 Å². The van der Waals surface area contributed by atoms with Crippen LogP contribution in [0.3, 0.4) is 0 Å². The fourth-order valence-corrected chi connectivity index (χ4v) is 2.59. The summed E-state index contributed by atoms with van der Waals surface area (Å²) >= 11 is 0. The standard InChI is InChI=1S/C8H13N3O3S/c12-7-3-6(4-7)5-10-15(13,14)8-1-2-9-11-8/h1-2,6-7,10,12H,3-5H2,(H,9,11). The maximum Gasteiger partial charge on any atom is 0.257 e. The molecule has 7 heteroatoms. The molecule has 0 radical (unpaired) electrons. The van der Waals surface area contributed by atoms with Gasteiger partial charge in [0.25, 0.3) is 10.0 Å². The second-order valence-electron chi connectivity index (χ2n) is 3.76. The second kappa shape index (κ2) is 3.92. The maximum atomic E-state index is 11.6. The average molecular weight is 231 g/mol. The van der Waals surface area contributed by atoms with Crippen molar-refractivity contribution in [3.63, 3.8) is 0 Å². The highest BCUT2D eigenvalue weighted by atomic mass is 32.2. The smallest absolute Gasteiger partial charge is 0.257 e. The summed E-state index contributed by atoms with van der Waals surface area (Å²) in [6, 6.07) is 1.40. The molecule has 84 valence electrons. The Kier molecular flexibility index (Phi) is 2.76. The molecular weight excluding hydrogens is 218 g/mol. The first-order valence-electron chi connectivity index (χ1n) is 4.75. The Morgan fingerprint density at radius 3 is 2.87 bits per heavy atom. The maximum absolute atomic E-state index is 11.6. The first-order chi connectivity index (χ1) is 7.08. The fourth-order valence-electron chi connectivity index (χ4n) is 1.57. The first kappa shape index (κ1) is 10.6. The van der Waals surface area contributed by atoms with E-state index in [0.717, 1.165) is 0 Å². The third kappa shape index (κ3) is 2.36. The van der Waals surface area contributed by atoms with Gasteiger partial charge in [0.15, 0.2) is 5.03 Å². The molecule has 1 aliphatic rings. The minimum atomic E-state index is -3.46. The second-order valence-corrected chi connectivity index (χ2v) is 5.50. The Balaban J connectivity index is 1.89. The number of hydrogen-bond donors (Lipinski definition) is 3. The van der Waals surface area contributed by atoms with Gasteiger partial charge in [0.1, 0.15) is 0 Å². The number of rotatable bonds is 4. The van der Waals surface area contributed by atoms with Gasteiger partial charge >= 0.3 is 0 Å². The number of aromatic amines is 1. The minimum absolute atomic E-state index is 0.0716. The number of hydrogen-bond acceptors (Lipinski definition) is 4. The molecule has 0 unspecified atom stereocenters. The number of sulfonamides is 1. The van der Waals surface area contributed by atoms with E-state index in [9.17, 15) is 8.42 Å². The van der Waals surface area contributed by atoms with E-state index in [4.69, 9.17) is 5.11 Å². The van der Waals surface area contributed by atoms with Gasteiger partial charge in [0.2, 0.25) is 0 Å². The van der Waals surface area contributed by atoms with Crippen LogP contribution in [0.1, 0.15) is 12.8 Å². The first-order valence-corrected chi connectivity index (χ1v) is 6.23. The quantitative estimate of drug-likeness (QED) is 0.648. The summed E-state index contributed by atoms with van der Waals surface area (Å²) < 4.78 is 25.6. The molecule has 0 atom stereocenters. The normalized spacial score (nSPS) is 26.2. The van der Waals surface area contributed by atoms with Crippen molar-refractivity contribution in [1.29, 1.82) is 0 Å². The molecule has 1 heterocycles. The highest BCUT2D eigenvalue weighted by Gasteiger charge is 2.28. The lowest BCUT2D eigenvalue weighted by atomic mass is 9.83. The topological polar surface area (TPSA) is 95.1 Å². The molecule has 1 aliphatic carbocycles. The molecule has 1 aromatic rings. The van der Waals surface area contributed by atoms with Crippen molar-refractivity contribution in [1.82, 2.24) is 14.9 Å². The van der Waals surface area contributed by atoms with E-state index in [1.165, 1.54) is 12.3 Å². The molecule has 1 fully saturated rings. The van der Waals surface area contributed by atoms with Gasteiger partial charge in [-0.15, -0.1) is 0 Å². The summed E-state index contributed by atoms with van der Waals surface area (Å²) in [4.78, 5) is 0. The van der Waals surface area contributed by atoms with E-state index in [-0.39, 0.29) is 17.0 Å². The summed E-state index contributed by atoms with van der Waals surface area (Å²) in [7, 11) is -3.46. The Bertz CT molecular complexity index is 408. The van der Waals surface area contributed by atoms with Gasteiger partial charge < -0.3 is 5.11 Å². The van der Waals surface area contributed by atoms with E-state index in [1.807, 2.05) is 0 Å². The van der Waals surface area contributed by atoms with Crippen molar-refractivity contribution in [2.45, 2.75) is 24.0 Å². The molecule has 3 N–H and O–H groups in total. The molecule has 0 saturated heterocycles. The molecule has 1 saturated carbocycles. The van der Waals surface area contributed by atoms with Crippen molar-refractivity contribution in [3.05, 3.63) is 12.3 Å². The summed E-state index contributed by atoms with van der Waals surface area (Å²) in [6.45, 7) is 0.373. The lowest BCUT2D eigenvalue weighted by Gasteiger charge is -2.31. The van der Waals surface area contributed by atoms with E-state index in [2.05, 4.69) is 14.9 Å². The lowest BCUT2D eigenvalue weighted by Crippen LogP contribution is -2.38. The van der Waals surface area contributed by atoms with Crippen molar-refractivity contribution in [2.75, 3.05) is 6.54 Å². The zero-order chi connectivity index (χ0) is 10.9. The van der Waals surface area contributed by atoms with E-state index < -0.39 is 10.0 Å². The molecule has 2 rings (SSSR count). The van der Waals surface area contributed by atoms with Crippen LogP contribution in [0.2, 0.25) is 0 Å². The van der Waals surface area contributed by atoms with Crippen LogP contribution in [0, 0.1) is 5.92 Å². The molecule has 1 aromatic heterocycles. The van der Waals surface area contributed by atoms with Crippen molar-refractivity contribution < 1.29 is 13.5 Å². The van der Waals surface area contributed by atoms with E-state index >= 15 is 0 Å². The third-order valence-electron chi connectivity index (χ3n) is 2.54. The summed E-state index contributed by atoms with van der Waals surface area (Å²) in [5.41, 5.74) is 0. The van der Waals surface area contributed by atoms with Crippen LogP contribution in [-0.4, -0.2) is 36.4 Å². The number of H-pyrrole nitrogens is 1. The Labute approximate surface area is 87.8 Å². The zero-order valence-electron chi connectivity index (χ0n) is 8.05. The fraction of sp³-hybridized carbons (Fsp3) is 0.625. The van der Waals surface area contributed by atoms with Crippen LogP contribution in [0.4, 0.5) is 0 Å². The predicted octanol–water partition coefficient (Wildman–Crippen LogP) is -0.541. The average Bonchev–Trinajstić information content (AvgIpc) is 2.63. The molecule has 6 nitrogen and oxygen atoms in total. The van der Waals surface area contributed by atoms with E-state index in [0.29, 0.717) is 19.4 Å².